The number of ether oxygens (including phenoxy) is 3. The molecule has 29 heavy (non-hydrogen) atoms. The molecular weight excluding hydrogens is 386 g/mol. The first-order valence-corrected chi connectivity index (χ1v) is 11.4. The lowest BCUT2D eigenvalue weighted by Crippen LogP contribution is -2.11. The van der Waals surface area contributed by atoms with E-state index in [2.05, 4.69) is 17.1 Å². The van der Waals surface area contributed by atoms with Crippen molar-refractivity contribution in [3.8, 4) is 0 Å². The molecule has 1 fully saturated rings. The molecule has 1 aromatic heterocycles. The van der Waals surface area contributed by atoms with Crippen molar-refractivity contribution in [1.29, 1.82) is 0 Å². The maximum absolute atomic E-state index is 11.7. The molecule has 5 nitrogen and oxygen atoms in total. The average Bonchev–Trinajstić information content (AvgIpc) is 3.46. The SMILES string of the molecule is Cc1nc(C(=O)OC(C)C)sc1C1OCCO1.c1c2c(cc3c1CCC3)CCC2. The third kappa shape index (κ3) is 4.71. The maximum atomic E-state index is 11.7. The molecule has 0 bridgehead atoms. The van der Waals surface area contributed by atoms with Gasteiger partial charge in [0.15, 0.2) is 6.29 Å². The monoisotopic (exact) mass is 415 g/mol. The van der Waals surface area contributed by atoms with E-state index in [1.807, 2.05) is 20.8 Å². The summed E-state index contributed by atoms with van der Waals surface area (Å²) in [7, 11) is 0. The van der Waals surface area contributed by atoms with Gasteiger partial charge < -0.3 is 14.2 Å². The van der Waals surface area contributed by atoms with Gasteiger partial charge in [-0.3, -0.25) is 0 Å². The number of fused-ring (bicyclic) bond motifs is 2. The molecule has 6 heteroatoms. The third-order valence-electron chi connectivity index (χ3n) is 5.49. The predicted octanol–water partition coefficient (Wildman–Crippen LogP) is 4.73. The molecule has 3 aliphatic rings. The summed E-state index contributed by atoms with van der Waals surface area (Å²) in [5, 5.41) is 0.352. The van der Waals surface area contributed by atoms with Gasteiger partial charge in [-0.05, 0) is 81.5 Å². The van der Waals surface area contributed by atoms with Crippen LogP contribution in [0.4, 0.5) is 0 Å². The molecule has 0 atom stereocenters. The number of hydrogen-bond donors (Lipinski definition) is 0. The molecule has 2 heterocycles. The number of rotatable bonds is 3. The number of carbonyl (C=O) groups is 1. The summed E-state index contributed by atoms with van der Waals surface area (Å²) in [6, 6.07) is 4.95. The number of aromatic nitrogens is 1. The van der Waals surface area contributed by atoms with Gasteiger partial charge in [-0.15, -0.1) is 11.3 Å². The van der Waals surface area contributed by atoms with Gasteiger partial charge in [0, 0.05) is 0 Å². The van der Waals surface area contributed by atoms with Crippen molar-refractivity contribution in [3.63, 3.8) is 0 Å². The summed E-state index contributed by atoms with van der Waals surface area (Å²) >= 11 is 1.27. The van der Waals surface area contributed by atoms with Crippen molar-refractivity contribution in [3.05, 3.63) is 50.0 Å². The van der Waals surface area contributed by atoms with Crippen LogP contribution in [0.3, 0.4) is 0 Å². The summed E-state index contributed by atoms with van der Waals surface area (Å²) in [6.07, 6.45) is 7.59. The van der Waals surface area contributed by atoms with Gasteiger partial charge in [0.05, 0.1) is 29.9 Å². The van der Waals surface area contributed by atoms with Crippen LogP contribution < -0.4 is 0 Å². The molecule has 0 spiro atoms. The first-order chi connectivity index (χ1) is 14.0. The van der Waals surface area contributed by atoms with E-state index in [0.717, 1.165) is 10.6 Å². The topological polar surface area (TPSA) is 57.7 Å². The van der Waals surface area contributed by atoms with Crippen LogP contribution in [-0.4, -0.2) is 30.3 Å². The summed E-state index contributed by atoms with van der Waals surface area (Å²) < 4.78 is 15.9. The van der Waals surface area contributed by atoms with E-state index in [1.165, 1.54) is 49.9 Å². The number of nitrogens with zero attached hydrogens (tertiary/aromatic N) is 1. The Balaban J connectivity index is 0.000000149. The zero-order valence-corrected chi connectivity index (χ0v) is 18.3. The van der Waals surface area contributed by atoms with Crippen LogP contribution in [0.5, 0.6) is 0 Å². The van der Waals surface area contributed by atoms with Gasteiger partial charge >= 0.3 is 5.97 Å². The quantitative estimate of drug-likeness (QED) is 0.679. The highest BCUT2D eigenvalue weighted by Crippen LogP contribution is 2.32. The van der Waals surface area contributed by atoms with E-state index in [4.69, 9.17) is 14.2 Å². The molecule has 1 aliphatic heterocycles. The van der Waals surface area contributed by atoms with Crippen LogP contribution in [0.25, 0.3) is 0 Å². The molecular formula is C23H29NO4S. The normalized spacial score (nSPS) is 17.8. The summed E-state index contributed by atoms with van der Waals surface area (Å²) in [5.74, 6) is -0.391. The molecule has 0 saturated carbocycles. The minimum Gasteiger partial charge on any atom is -0.458 e. The first-order valence-electron chi connectivity index (χ1n) is 10.6. The number of esters is 1. The molecule has 2 aromatic rings. The average molecular weight is 416 g/mol. The smallest absolute Gasteiger partial charge is 0.367 e. The Kier molecular flexibility index (Phi) is 6.32. The maximum Gasteiger partial charge on any atom is 0.367 e. The fourth-order valence-corrected chi connectivity index (χ4v) is 5.10. The molecule has 0 radical (unpaired) electrons. The minimum absolute atomic E-state index is 0.144. The second-order valence-corrected chi connectivity index (χ2v) is 9.12. The Hall–Kier alpha value is -1.76. The highest BCUT2D eigenvalue weighted by molar-refractivity contribution is 7.13. The first kappa shape index (κ1) is 20.5. The van der Waals surface area contributed by atoms with Crippen molar-refractivity contribution in [2.75, 3.05) is 13.2 Å². The van der Waals surface area contributed by atoms with Crippen molar-refractivity contribution in [1.82, 2.24) is 4.98 Å². The molecule has 0 amide bonds. The molecule has 0 N–H and O–H groups in total. The van der Waals surface area contributed by atoms with Crippen LogP contribution in [0.2, 0.25) is 0 Å². The van der Waals surface area contributed by atoms with E-state index in [0.29, 0.717) is 18.2 Å². The van der Waals surface area contributed by atoms with Crippen molar-refractivity contribution in [2.45, 2.75) is 71.7 Å². The zero-order valence-electron chi connectivity index (χ0n) is 17.5. The fraction of sp³-hybridized carbons (Fsp3) is 0.565. The fourth-order valence-electron chi connectivity index (χ4n) is 4.15. The van der Waals surface area contributed by atoms with E-state index < -0.39 is 5.97 Å². The van der Waals surface area contributed by atoms with E-state index in [-0.39, 0.29) is 12.4 Å². The molecule has 2 aliphatic carbocycles. The van der Waals surface area contributed by atoms with Crippen LogP contribution in [-0.2, 0) is 39.9 Å². The summed E-state index contributed by atoms with van der Waals surface area (Å²) in [6.45, 7) is 6.61. The van der Waals surface area contributed by atoms with Gasteiger partial charge in [-0.1, -0.05) is 12.1 Å². The van der Waals surface area contributed by atoms with Crippen LogP contribution in [0, 0.1) is 6.92 Å². The zero-order chi connectivity index (χ0) is 20.4. The van der Waals surface area contributed by atoms with E-state index in [9.17, 15) is 4.79 Å². The minimum atomic E-state index is -0.391. The van der Waals surface area contributed by atoms with Crippen LogP contribution in [0.15, 0.2) is 12.1 Å². The Labute approximate surface area is 176 Å². The molecule has 1 aromatic carbocycles. The Bertz CT molecular complexity index is 823. The lowest BCUT2D eigenvalue weighted by molar-refractivity contribution is -0.0418. The van der Waals surface area contributed by atoms with Gasteiger partial charge in [-0.2, -0.15) is 0 Å². The van der Waals surface area contributed by atoms with Crippen LogP contribution >= 0.6 is 11.3 Å². The highest BCUT2D eigenvalue weighted by Gasteiger charge is 2.26. The Morgan fingerprint density at radius 3 is 2.03 bits per heavy atom. The molecule has 0 unspecified atom stereocenters. The Morgan fingerprint density at radius 1 is 1.03 bits per heavy atom. The Morgan fingerprint density at radius 2 is 1.55 bits per heavy atom. The summed E-state index contributed by atoms with van der Waals surface area (Å²) in [4.78, 5) is 16.7. The standard InChI is InChI=1S/C12H14.C11H15NO4S/c1-3-9-7-11-5-2-6-12(11)8-10(9)4-1;1-6(2)16-10(13)9-12-7(3)8(17-9)11-14-4-5-15-11/h7-8H,1-6H2;6,11H,4-5H2,1-3H3. The van der Waals surface area contributed by atoms with Gasteiger partial charge in [0.2, 0.25) is 5.01 Å². The third-order valence-corrected chi connectivity index (χ3v) is 6.65. The van der Waals surface area contributed by atoms with Crippen molar-refractivity contribution < 1.29 is 19.0 Å². The molecule has 5 rings (SSSR count). The second kappa shape index (κ2) is 8.94. The number of thiazole rings is 1. The highest BCUT2D eigenvalue weighted by atomic mass is 32.1. The number of carbonyl (C=O) groups excluding carboxylic acids is 1. The largest absolute Gasteiger partial charge is 0.458 e. The number of hydrogen-bond acceptors (Lipinski definition) is 6. The lowest BCUT2D eigenvalue weighted by Gasteiger charge is -2.06. The van der Waals surface area contributed by atoms with Gasteiger partial charge in [0.25, 0.3) is 0 Å². The van der Waals surface area contributed by atoms with E-state index >= 15 is 0 Å². The molecule has 156 valence electrons. The van der Waals surface area contributed by atoms with Crippen LogP contribution in [0.1, 0.15) is 75.6 Å². The second-order valence-electron chi connectivity index (χ2n) is 8.09. The molecule has 1 saturated heterocycles. The lowest BCUT2D eigenvalue weighted by atomic mass is 10.0. The van der Waals surface area contributed by atoms with Crippen molar-refractivity contribution >= 4 is 17.3 Å². The van der Waals surface area contributed by atoms with Crippen molar-refractivity contribution in [2.24, 2.45) is 0 Å². The predicted molar refractivity (Wildman–Crippen MR) is 113 cm³/mol. The number of benzene rings is 1. The van der Waals surface area contributed by atoms with Gasteiger partial charge in [-0.25, -0.2) is 9.78 Å². The van der Waals surface area contributed by atoms with E-state index in [1.54, 1.807) is 22.3 Å². The van der Waals surface area contributed by atoms with Gasteiger partial charge in [0.1, 0.15) is 0 Å². The summed E-state index contributed by atoms with van der Waals surface area (Å²) in [5.41, 5.74) is 7.36. The number of aryl methyl sites for hydroxylation is 5.